The van der Waals surface area contributed by atoms with Gasteiger partial charge in [-0.25, -0.2) is 0 Å². The van der Waals surface area contributed by atoms with Crippen molar-refractivity contribution in [2.75, 3.05) is 7.11 Å². The molecule has 0 atom stereocenters. The molecule has 0 saturated carbocycles. The molecule has 2 aromatic carbocycles. The first-order valence-corrected chi connectivity index (χ1v) is 9.65. The molecule has 9 heteroatoms. The highest BCUT2D eigenvalue weighted by atomic mass is 79.9. The summed E-state index contributed by atoms with van der Waals surface area (Å²) in [6, 6.07) is 10.2. The van der Waals surface area contributed by atoms with Crippen molar-refractivity contribution in [3.63, 3.8) is 0 Å². The molecule has 0 spiro atoms. The van der Waals surface area contributed by atoms with E-state index >= 15 is 0 Å². The van der Waals surface area contributed by atoms with Gasteiger partial charge in [0.05, 0.1) is 27.9 Å². The van der Waals surface area contributed by atoms with Crippen molar-refractivity contribution < 1.29 is 14.3 Å². The van der Waals surface area contributed by atoms with Gasteiger partial charge in [0.2, 0.25) is 0 Å². The van der Waals surface area contributed by atoms with E-state index in [1.54, 1.807) is 10.6 Å². The van der Waals surface area contributed by atoms with Crippen LogP contribution in [0.2, 0.25) is 10.0 Å². The molecular weight excluding hydrogens is 463 g/mol. The smallest absolute Gasteiger partial charge is 0.325 e. The first-order chi connectivity index (χ1) is 12.4. The van der Waals surface area contributed by atoms with Crippen LogP contribution in [-0.2, 0) is 16.1 Å². The third-order valence-electron chi connectivity index (χ3n) is 3.52. The first-order valence-electron chi connectivity index (χ1n) is 7.29. The largest absolute Gasteiger partial charge is 0.468 e. The molecule has 3 aromatic rings. The van der Waals surface area contributed by atoms with Gasteiger partial charge in [-0.15, -0.1) is 0 Å². The number of ether oxygens (including phenoxy) is 1. The Bertz CT molecular complexity index is 1090. The van der Waals surface area contributed by atoms with Gasteiger partial charge in [-0.1, -0.05) is 50.5 Å². The van der Waals surface area contributed by atoms with Gasteiger partial charge in [-0.2, -0.15) is 4.99 Å². The maximum Gasteiger partial charge on any atom is 0.325 e. The van der Waals surface area contributed by atoms with E-state index in [1.165, 1.54) is 30.6 Å². The number of fused-ring (bicyclic) bond motifs is 1. The zero-order valence-corrected chi connectivity index (χ0v) is 17.2. The standard InChI is InChI=1S/C17H11BrCl2N2O3S/c1-25-15(23)8-22-13-5-2-9(18)6-14(13)26-17(22)21-16(24)11-4-3-10(19)7-12(11)20/h2-7H,8H2,1H3. The van der Waals surface area contributed by atoms with Crippen LogP contribution in [0.25, 0.3) is 10.2 Å². The molecular formula is C17H11BrCl2N2O3S. The summed E-state index contributed by atoms with van der Waals surface area (Å²) in [7, 11) is 1.31. The second-order valence-electron chi connectivity index (χ2n) is 5.20. The van der Waals surface area contributed by atoms with Crippen molar-refractivity contribution >= 4 is 72.6 Å². The molecule has 0 unspecified atom stereocenters. The van der Waals surface area contributed by atoms with Crippen molar-refractivity contribution in [2.45, 2.75) is 6.54 Å². The highest BCUT2D eigenvalue weighted by Crippen LogP contribution is 2.24. The molecule has 0 saturated heterocycles. The summed E-state index contributed by atoms with van der Waals surface area (Å²) in [5.74, 6) is -0.957. The van der Waals surface area contributed by atoms with E-state index in [1.807, 2.05) is 18.2 Å². The quantitative estimate of drug-likeness (QED) is 0.518. The summed E-state index contributed by atoms with van der Waals surface area (Å²) in [4.78, 5) is 28.9. The Kier molecular flexibility index (Phi) is 5.82. The lowest BCUT2D eigenvalue weighted by Crippen LogP contribution is -2.22. The summed E-state index contributed by atoms with van der Waals surface area (Å²) in [5, 5.41) is 0.647. The summed E-state index contributed by atoms with van der Waals surface area (Å²) < 4.78 is 8.14. The topological polar surface area (TPSA) is 60.7 Å². The summed E-state index contributed by atoms with van der Waals surface area (Å²) in [5.41, 5.74) is 1.01. The Hall–Kier alpha value is -1.67. The van der Waals surface area contributed by atoms with Crippen LogP contribution in [-0.4, -0.2) is 23.6 Å². The number of hydrogen-bond acceptors (Lipinski definition) is 4. The van der Waals surface area contributed by atoms with Crippen molar-refractivity contribution in [3.8, 4) is 0 Å². The number of carbonyl (C=O) groups excluding carboxylic acids is 2. The lowest BCUT2D eigenvalue weighted by molar-refractivity contribution is -0.141. The molecule has 0 fully saturated rings. The second-order valence-corrected chi connectivity index (χ2v) is 7.97. The molecule has 3 rings (SSSR count). The van der Waals surface area contributed by atoms with E-state index in [0.29, 0.717) is 9.82 Å². The van der Waals surface area contributed by atoms with Gasteiger partial charge in [0.25, 0.3) is 5.91 Å². The Labute approximate surface area is 171 Å². The third kappa shape index (κ3) is 4.01. The highest BCUT2D eigenvalue weighted by molar-refractivity contribution is 9.10. The van der Waals surface area contributed by atoms with E-state index in [0.717, 1.165) is 14.7 Å². The highest BCUT2D eigenvalue weighted by Gasteiger charge is 2.14. The fraction of sp³-hybridized carbons (Fsp3) is 0.118. The predicted molar refractivity (Wildman–Crippen MR) is 106 cm³/mol. The number of carbonyl (C=O) groups is 2. The van der Waals surface area contributed by atoms with Crippen LogP contribution in [0.15, 0.2) is 45.9 Å². The van der Waals surface area contributed by atoms with Crippen LogP contribution in [0.3, 0.4) is 0 Å². The van der Waals surface area contributed by atoms with E-state index in [2.05, 4.69) is 20.9 Å². The Balaban J connectivity index is 2.15. The molecule has 1 aromatic heterocycles. The summed E-state index contributed by atoms with van der Waals surface area (Å²) >= 11 is 16.7. The summed E-state index contributed by atoms with van der Waals surface area (Å²) in [6.07, 6.45) is 0. The molecule has 134 valence electrons. The van der Waals surface area contributed by atoms with Crippen LogP contribution < -0.4 is 4.80 Å². The predicted octanol–water partition coefficient (Wildman–Crippen LogP) is 4.69. The molecule has 1 amide bonds. The molecule has 0 aliphatic rings. The van der Waals surface area contributed by atoms with Crippen LogP contribution in [0, 0.1) is 0 Å². The molecule has 0 N–H and O–H groups in total. The number of thiazole rings is 1. The van der Waals surface area contributed by atoms with Crippen molar-refractivity contribution in [2.24, 2.45) is 4.99 Å². The van der Waals surface area contributed by atoms with E-state index in [4.69, 9.17) is 27.9 Å². The van der Waals surface area contributed by atoms with Crippen LogP contribution >= 0.6 is 50.5 Å². The number of benzene rings is 2. The lowest BCUT2D eigenvalue weighted by Gasteiger charge is -2.04. The van der Waals surface area contributed by atoms with Crippen molar-refractivity contribution in [1.82, 2.24) is 4.57 Å². The number of aromatic nitrogens is 1. The Morgan fingerprint density at radius 3 is 2.69 bits per heavy atom. The fourth-order valence-corrected chi connectivity index (χ4v) is 4.36. The number of nitrogens with zero attached hydrogens (tertiary/aromatic N) is 2. The van der Waals surface area contributed by atoms with Gasteiger partial charge < -0.3 is 9.30 Å². The molecule has 1 heterocycles. The molecule has 0 aliphatic heterocycles. The molecule has 5 nitrogen and oxygen atoms in total. The zero-order chi connectivity index (χ0) is 18.8. The Morgan fingerprint density at radius 1 is 1.23 bits per heavy atom. The van der Waals surface area contributed by atoms with Crippen LogP contribution in [0.1, 0.15) is 10.4 Å². The minimum atomic E-state index is -0.518. The average molecular weight is 474 g/mol. The third-order valence-corrected chi connectivity index (χ3v) is 5.60. The molecule has 0 bridgehead atoms. The first kappa shape index (κ1) is 19.1. The van der Waals surface area contributed by atoms with Gasteiger partial charge in [-0.05, 0) is 36.4 Å². The van der Waals surface area contributed by atoms with Crippen LogP contribution in [0.5, 0.6) is 0 Å². The Morgan fingerprint density at radius 2 is 2.00 bits per heavy atom. The van der Waals surface area contributed by atoms with Gasteiger partial charge in [0, 0.05) is 9.50 Å². The fourth-order valence-electron chi connectivity index (χ4n) is 2.29. The zero-order valence-electron chi connectivity index (χ0n) is 13.3. The van der Waals surface area contributed by atoms with E-state index in [-0.39, 0.29) is 17.1 Å². The van der Waals surface area contributed by atoms with Crippen LogP contribution in [0.4, 0.5) is 0 Å². The minimum absolute atomic E-state index is 0.0569. The lowest BCUT2D eigenvalue weighted by atomic mass is 10.2. The number of hydrogen-bond donors (Lipinski definition) is 0. The maximum absolute atomic E-state index is 12.6. The second kappa shape index (κ2) is 7.92. The number of esters is 1. The number of methoxy groups -OCH3 is 1. The molecule has 0 aliphatic carbocycles. The molecule has 0 radical (unpaired) electrons. The maximum atomic E-state index is 12.6. The van der Waals surface area contributed by atoms with E-state index in [9.17, 15) is 9.59 Å². The number of halogens is 3. The van der Waals surface area contributed by atoms with Crippen molar-refractivity contribution in [1.29, 1.82) is 0 Å². The van der Waals surface area contributed by atoms with Gasteiger partial charge in [0.15, 0.2) is 4.80 Å². The normalized spacial score (nSPS) is 11.8. The van der Waals surface area contributed by atoms with Gasteiger partial charge in [-0.3, -0.25) is 9.59 Å². The number of rotatable bonds is 3. The van der Waals surface area contributed by atoms with Crippen molar-refractivity contribution in [3.05, 3.63) is 61.3 Å². The van der Waals surface area contributed by atoms with Gasteiger partial charge >= 0.3 is 5.97 Å². The molecule has 26 heavy (non-hydrogen) atoms. The summed E-state index contributed by atoms with van der Waals surface area (Å²) in [6.45, 7) is -0.0569. The SMILES string of the molecule is COC(=O)Cn1c(=NC(=O)c2ccc(Cl)cc2Cl)sc2cc(Br)ccc21. The average Bonchev–Trinajstić information content (AvgIpc) is 2.90. The minimum Gasteiger partial charge on any atom is -0.468 e. The monoisotopic (exact) mass is 472 g/mol. The van der Waals surface area contributed by atoms with E-state index < -0.39 is 11.9 Å². The number of amides is 1. The van der Waals surface area contributed by atoms with Gasteiger partial charge in [0.1, 0.15) is 6.54 Å².